The van der Waals surface area contributed by atoms with Crippen LogP contribution in [0.1, 0.15) is 36.5 Å². The highest BCUT2D eigenvalue weighted by molar-refractivity contribution is 7.07. The van der Waals surface area contributed by atoms with Crippen molar-refractivity contribution in [1.29, 1.82) is 0 Å². The van der Waals surface area contributed by atoms with Gasteiger partial charge in [0.05, 0.1) is 0 Å². The molecule has 144 valence electrons. The van der Waals surface area contributed by atoms with Crippen molar-refractivity contribution in [2.75, 3.05) is 26.7 Å². The number of methoxy groups -OCH3 is 1. The predicted octanol–water partition coefficient (Wildman–Crippen LogP) is 3.95. The van der Waals surface area contributed by atoms with Gasteiger partial charge in [-0.15, -0.1) is 0 Å². The highest BCUT2D eigenvalue weighted by Crippen LogP contribution is 2.33. The third kappa shape index (κ3) is 4.10. The Morgan fingerprint density at radius 1 is 1.22 bits per heavy atom. The standard InChI is InChI=1S/C22H28N2O2S/c1-26-21(18-6-3-2-4-7-18)22(25)24-11-5-8-19-15-23(12-9-20(19)24)14-17-10-13-27-16-17/h2-4,6-7,10,13,16,19-21H,5,8-9,11-12,14-15H2,1H3/t19-,20-,21?/m1/s1. The van der Waals surface area contributed by atoms with Gasteiger partial charge in [0.25, 0.3) is 5.91 Å². The Hall–Kier alpha value is -1.69. The molecule has 5 heteroatoms. The van der Waals surface area contributed by atoms with E-state index in [1.54, 1.807) is 18.4 Å². The van der Waals surface area contributed by atoms with E-state index in [1.165, 1.54) is 12.0 Å². The molecule has 2 aliphatic heterocycles. The van der Waals surface area contributed by atoms with Crippen LogP contribution < -0.4 is 0 Å². The summed E-state index contributed by atoms with van der Waals surface area (Å²) in [6.07, 6.45) is 2.88. The summed E-state index contributed by atoms with van der Waals surface area (Å²) >= 11 is 1.77. The van der Waals surface area contributed by atoms with Crippen LogP contribution in [0.2, 0.25) is 0 Å². The highest BCUT2D eigenvalue weighted by atomic mass is 32.1. The van der Waals surface area contributed by atoms with Crippen LogP contribution in [0.15, 0.2) is 47.2 Å². The maximum atomic E-state index is 13.3. The Morgan fingerprint density at radius 3 is 2.81 bits per heavy atom. The molecule has 1 amide bonds. The first kappa shape index (κ1) is 18.7. The minimum Gasteiger partial charge on any atom is -0.367 e. The fourth-order valence-corrected chi connectivity index (χ4v) is 5.35. The summed E-state index contributed by atoms with van der Waals surface area (Å²) in [5.74, 6) is 0.702. The topological polar surface area (TPSA) is 32.8 Å². The van der Waals surface area contributed by atoms with E-state index in [1.807, 2.05) is 30.3 Å². The Labute approximate surface area is 165 Å². The number of hydrogen-bond donors (Lipinski definition) is 0. The SMILES string of the molecule is COC(C(=O)N1CCC[C@@H]2CN(Cc3ccsc3)CC[C@H]21)c1ccccc1. The number of likely N-dealkylation sites (tertiary alicyclic amines) is 2. The number of carbonyl (C=O) groups excluding carboxylic acids is 1. The molecule has 1 unspecified atom stereocenters. The first-order valence-corrected chi connectivity index (χ1v) is 10.8. The lowest BCUT2D eigenvalue weighted by atomic mass is 9.83. The lowest BCUT2D eigenvalue weighted by Gasteiger charge is -2.48. The monoisotopic (exact) mass is 384 g/mol. The number of nitrogens with zero attached hydrogens (tertiary/aromatic N) is 2. The summed E-state index contributed by atoms with van der Waals surface area (Å²) in [5, 5.41) is 4.39. The smallest absolute Gasteiger partial charge is 0.256 e. The van der Waals surface area contributed by atoms with E-state index in [4.69, 9.17) is 4.74 Å². The molecule has 3 heterocycles. The molecule has 4 nitrogen and oxygen atoms in total. The summed E-state index contributed by atoms with van der Waals surface area (Å²) in [7, 11) is 1.64. The lowest BCUT2D eigenvalue weighted by molar-refractivity contribution is -0.149. The zero-order valence-corrected chi connectivity index (χ0v) is 16.7. The Balaban J connectivity index is 1.44. The van der Waals surface area contributed by atoms with Crippen LogP contribution in [0.3, 0.4) is 0 Å². The molecular formula is C22H28N2O2S. The predicted molar refractivity (Wildman–Crippen MR) is 109 cm³/mol. The molecule has 1 aromatic heterocycles. The third-order valence-electron chi connectivity index (χ3n) is 5.98. The van der Waals surface area contributed by atoms with Gasteiger partial charge >= 0.3 is 0 Å². The van der Waals surface area contributed by atoms with E-state index in [0.29, 0.717) is 12.0 Å². The van der Waals surface area contributed by atoms with Crippen molar-refractivity contribution in [1.82, 2.24) is 9.80 Å². The maximum absolute atomic E-state index is 13.3. The third-order valence-corrected chi connectivity index (χ3v) is 6.72. The Kier molecular flexibility index (Phi) is 5.91. The number of hydrogen-bond acceptors (Lipinski definition) is 4. The van der Waals surface area contributed by atoms with Gasteiger partial charge in [-0.1, -0.05) is 30.3 Å². The molecular weight excluding hydrogens is 356 g/mol. The van der Waals surface area contributed by atoms with Gasteiger partial charge in [-0.3, -0.25) is 9.69 Å². The fraction of sp³-hybridized carbons (Fsp3) is 0.500. The quantitative estimate of drug-likeness (QED) is 0.783. The van der Waals surface area contributed by atoms with Crippen LogP contribution in [-0.4, -0.2) is 48.5 Å². The van der Waals surface area contributed by atoms with Gasteiger partial charge in [0, 0.05) is 39.3 Å². The van der Waals surface area contributed by atoms with Gasteiger partial charge in [0.1, 0.15) is 0 Å². The van der Waals surface area contributed by atoms with E-state index < -0.39 is 6.10 Å². The van der Waals surface area contributed by atoms with Crippen molar-refractivity contribution in [3.63, 3.8) is 0 Å². The van der Waals surface area contributed by atoms with Crippen LogP contribution in [0.4, 0.5) is 0 Å². The molecule has 1 aromatic carbocycles. The van der Waals surface area contributed by atoms with Gasteiger partial charge in [-0.2, -0.15) is 11.3 Å². The zero-order valence-electron chi connectivity index (χ0n) is 15.9. The van der Waals surface area contributed by atoms with E-state index in [2.05, 4.69) is 26.6 Å². The van der Waals surface area contributed by atoms with Crippen molar-refractivity contribution >= 4 is 17.2 Å². The van der Waals surface area contributed by atoms with Gasteiger partial charge in [-0.05, 0) is 53.1 Å². The summed E-state index contributed by atoms with van der Waals surface area (Å²) in [5.41, 5.74) is 2.35. The minimum absolute atomic E-state index is 0.129. The summed E-state index contributed by atoms with van der Waals surface area (Å²) in [4.78, 5) is 18.0. The molecule has 0 saturated carbocycles. The average molecular weight is 385 g/mol. The van der Waals surface area contributed by atoms with Crippen LogP contribution in [0.25, 0.3) is 0 Å². The number of fused-ring (bicyclic) bond motifs is 1. The molecule has 27 heavy (non-hydrogen) atoms. The summed E-state index contributed by atoms with van der Waals surface area (Å²) in [6, 6.07) is 12.4. The normalized spacial score (nSPS) is 24.4. The fourth-order valence-electron chi connectivity index (χ4n) is 4.69. The average Bonchev–Trinajstić information content (AvgIpc) is 3.21. The van der Waals surface area contributed by atoms with Crippen molar-refractivity contribution in [3.8, 4) is 0 Å². The maximum Gasteiger partial charge on any atom is 0.256 e. The Morgan fingerprint density at radius 2 is 2.07 bits per heavy atom. The number of thiophene rings is 1. The molecule has 3 atom stereocenters. The van der Waals surface area contributed by atoms with Crippen LogP contribution >= 0.6 is 11.3 Å². The van der Waals surface area contributed by atoms with Gasteiger partial charge in [-0.25, -0.2) is 0 Å². The number of carbonyl (C=O) groups is 1. The van der Waals surface area contributed by atoms with Crippen LogP contribution in [-0.2, 0) is 16.1 Å². The molecule has 4 rings (SSSR count). The largest absolute Gasteiger partial charge is 0.367 e. The zero-order chi connectivity index (χ0) is 18.6. The molecule has 0 N–H and O–H groups in total. The van der Waals surface area contributed by atoms with Gasteiger partial charge in [0.2, 0.25) is 0 Å². The molecule has 0 radical (unpaired) electrons. The first-order valence-electron chi connectivity index (χ1n) is 9.88. The van der Waals surface area contributed by atoms with Gasteiger partial charge < -0.3 is 9.64 Å². The van der Waals surface area contributed by atoms with Crippen molar-refractivity contribution in [2.24, 2.45) is 5.92 Å². The summed E-state index contributed by atoms with van der Waals surface area (Å²) in [6.45, 7) is 4.04. The van der Waals surface area contributed by atoms with E-state index in [9.17, 15) is 4.79 Å². The van der Waals surface area contributed by atoms with Gasteiger partial charge in [0.15, 0.2) is 6.10 Å². The number of benzene rings is 1. The molecule has 2 aromatic rings. The van der Waals surface area contributed by atoms with Crippen molar-refractivity contribution < 1.29 is 9.53 Å². The molecule has 2 aliphatic rings. The highest BCUT2D eigenvalue weighted by Gasteiger charge is 2.40. The first-order chi connectivity index (χ1) is 13.3. The number of rotatable bonds is 5. The second-order valence-electron chi connectivity index (χ2n) is 7.68. The number of piperidine rings is 2. The van der Waals surface area contributed by atoms with Crippen molar-refractivity contribution in [2.45, 2.75) is 38.0 Å². The van der Waals surface area contributed by atoms with Crippen LogP contribution in [0, 0.1) is 5.92 Å². The van der Waals surface area contributed by atoms with E-state index >= 15 is 0 Å². The number of amides is 1. The van der Waals surface area contributed by atoms with Crippen LogP contribution in [0.5, 0.6) is 0 Å². The number of ether oxygens (including phenoxy) is 1. The second-order valence-corrected chi connectivity index (χ2v) is 8.46. The lowest BCUT2D eigenvalue weighted by Crippen LogP contribution is -2.56. The second kappa shape index (κ2) is 8.55. The minimum atomic E-state index is -0.492. The summed E-state index contributed by atoms with van der Waals surface area (Å²) < 4.78 is 5.62. The van der Waals surface area contributed by atoms with E-state index in [-0.39, 0.29) is 5.91 Å². The van der Waals surface area contributed by atoms with E-state index in [0.717, 1.165) is 44.6 Å². The molecule has 0 spiro atoms. The Bertz CT molecular complexity index is 734. The molecule has 0 bridgehead atoms. The van der Waals surface area contributed by atoms with Crippen molar-refractivity contribution in [3.05, 3.63) is 58.3 Å². The molecule has 2 fully saturated rings. The molecule has 0 aliphatic carbocycles. The molecule has 2 saturated heterocycles.